The van der Waals surface area contributed by atoms with Crippen LogP contribution in [0.3, 0.4) is 0 Å². The van der Waals surface area contributed by atoms with Gasteiger partial charge in [-0.15, -0.1) is 0 Å². The molecule has 1 fully saturated rings. The van der Waals surface area contributed by atoms with Gasteiger partial charge < -0.3 is 14.5 Å². The van der Waals surface area contributed by atoms with Crippen LogP contribution >= 0.6 is 0 Å². The van der Waals surface area contributed by atoms with E-state index in [0.717, 1.165) is 32.2 Å². The molecule has 1 aliphatic rings. The smallest absolute Gasteiger partial charge is 0.0947 e. The van der Waals surface area contributed by atoms with Crippen molar-refractivity contribution in [1.29, 1.82) is 0 Å². The van der Waals surface area contributed by atoms with Crippen LogP contribution in [0.5, 0.6) is 0 Å². The second-order valence-electron chi connectivity index (χ2n) is 4.15. The fraction of sp³-hybridized carbons (Fsp3) is 0.667. The topological polar surface area (TPSA) is 34.4 Å². The lowest BCUT2D eigenvalue weighted by molar-refractivity contribution is 0.130. The van der Waals surface area contributed by atoms with Crippen LogP contribution in [0.2, 0.25) is 0 Å². The molecule has 0 bridgehead atoms. The number of ether oxygens (including phenoxy) is 1. The first-order valence-electron chi connectivity index (χ1n) is 5.74. The van der Waals surface area contributed by atoms with Crippen molar-refractivity contribution >= 4 is 0 Å². The van der Waals surface area contributed by atoms with Crippen molar-refractivity contribution in [2.75, 3.05) is 19.8 Å². The highest BCUT2D eigenvalue weighted by Gasteiger charge is 2.20. The van der Waals surface area contributed by atoms with Crippen LogP contribution in [-0.2, 0) is 11.3 Å². The fourth-order valence-electron chi connectivity index (χ4n) is 1.53. The summed E-state index contributed by atoms with van der Waals surface area (Å²) in [6, 6.07) is 1.97. The Morgan fingerprint density at radius 3 is 3.07 bits per heavy atom. The van der Waals surface area contributed by atoms with E-state index in [2.05, 4.69) is 5.32 Å². The lowest BCUT2D eigenvalue weighted by Crippen LogP contribution is -2.19. The first kappa shape index (κ1) is 10.7. The zero-order valence-electron chi connectivity index (χ0n) is 9.08. The van der Waals surface area contributed by atoms with Crippen LogP contribution in [0.1, 0.15) is 24.8 Å². The first-order valence-corrected chi connectivity index (χ1v) is 5.74. The van der Waals surface area contributed by atoms with Crippen LogP contribution in [0.25, 0.3) is 0 Å². The number of furan rings is 1. The zero-order valence-corrected chi connectivity index (χ0v) is 9.08. The van der Waals surface area contributed by atoms with Crippen molar-refractivity contribution in [2.24, 2.45) is 5.92 Å². The molecule has 0 aliphatic heterocycles. The summed E-state index contributed by atoms with van der Waals surface area (Å²) in [5.41, 5.74) is 1.19. The van der Waals surface area contributed by atoms with Crippen molar-refractivity contribution in [3.05, 3.63) is 24.2 Å². The van der Waals surface area contributed by atoms with Gasteiger partial charge in [-0.3, -0.25) is 0 Å². The van der Waals surface area contributed by atoms with E-state index >= 15 is 0 Å². The van der Waals surface area contributed by atoms with Gasteiger partial charge >= 0.3 is 0 Å². The minimum atomic E-state index is 0.810. The average Bonchev–Trinajstić information content (AvgIpc) is 2.92. The molecule has 3 nitrogen and oxygen atoms in total. The Morgan fingerprint density at radius 1 is 1.40 bits per heavy atom. The predicted molar refractivity (Wildman–Crippen MR) is 58.6 cm³/mol. The second-order valence-corrected chi connectivity index (χ2v) is 4.15. The van der Waals surface area contributed by atoms with E-state index in [0.29, 0.717) is 0 Å². The van der Waals surface area contributed by atoms with Crippen molar-refractivity contribution in [2.45, 2.75) is 25.8 Å². The predicted octanol–water partition coefficient (Wildman–Crippen LogP) is 2.19. The number of rotatable bonds is 8. The standard InChI is InChI=1S/C12H19NO2/c1-2-11(1)3-6-14-8-5-13-9-12-4-7-15-10-12/h4,7,10-11,13H,1-3,5-6,8-9H2. The summed E-state index contributed by atoms with van der Waals surface area (Å²) in [5.74, 6) is 0.976. The van der Waals surface area contributed by atoms with E-state index in [9.17, 15) is 0 Å². The molecule has 1 saturated carbocycles. The molecule has 0 unspecified atom stereocenters. The van der Waals surface area contributed by atoms with Crippen molar-refractivity contribution in [3.63, 3.8) is 0 Å². The molecule has 0 saturated heterocycles. The van der Waals surface area contributed by atoms with E-state index in [1.165, 1.54) is 24.8 Å². The van der Waals surface area contributed by atoms with Gasteiger partial charge in [-0.05, 0) is 18.4 Å². The summed E-state index contributed by atoms with van der Waals surface area (Å²) >= 11 is 0. The largest absolute Gasteiger partial charge is 0.472 e. The third kappa shape index (κ3) is 4.49. The molecule has 0 atom stereocenters. The summed E-state index contributed by atoms with van der Waals surface area (Å²) in [4.78, 5) is 0. The Labute approximate surface area is 90.8 Å². The molecule has 3 heteroatoms. The maximum Gasteiger partial charge on any atom is 0.0947 e. The van der Waals surface area contributed by atoms with Crippen molar-refractivity contribution in [3.8, 4) is 0 Å². The monoisotopic (exact) mass is 209 g/mol. The second kappa shape index (κ2) is 5.93. The number of nitrogens with one attached hydrogen (secondary N) is 1. The maximum absolute atomic E-state index is 5.52. The van der Waals surface area contributed by atoms with Crippen molar-refractivity contribution in [1.82, 2.24) is 5.32 Å². The van der Waals surface area contributed by atoms with E-state index < -0.39 is 0 Å². The van der Waals surface area contributed by atoms with Crippen LogP contribution in [0.4, 0.5) is 0 Å². The molecule has 15 heavy (non-hydrogen) atoms. The maximum atomic E-state index is 5.52. The number of hydrogen-bond donors (Lipinski definition) is 1. The Balaban J connectivity index is 1.38. The van der Waals surface area contributed by atoms with E-state index in [-0.39, 0.29) is 0 Å². The SMILES string of the molecule is c1cc(CNCCOCCC2CC2)co1. The fourth-order valence-corrected chi connectivity index (χ4v) is 1.53. The van der Waals surface area contributed by atoms with Gasteiger partial charge in [0.25, 0.3) is 0 Å². The summed E-state index contributed by atoms with van der Waals surface area (Å²) in [5, 5.41) is 3.31. The van der Waals surface area contributed by atoms with Gasteiger partial charge in [-0.2, -0.15) is 0 Å². The third-order valence-corrected chi connectivity index (χ3v) is 2.70. The summed E-state index contributed by atoms with van der Waals surface area (Å²) < 4.78 is 10.5. The molecule has 0 radical (unpaired) electrons. The van der Waals surface area contributed by atoms with Gasteiger partial charge in [0.1, 0.15) is 0 Å². The van der Waals surface area contributed by atoms with Crippen LogP contribution < -0.4 is 5.32 Å². The lowest BCUT2D eigenvalue weighted by Gasteiger charge is -2.04. The molecular weight excluding hydrogens is 190 g/mol. The summed E-state index contributed by atoms with van der Waals surface area (Å²) in [7, 11) is 0. The Morgan fingerprint density at radius 2 is 2.33 bits per heavy atom. The van der Waals surface area contributed by atoms with Gasteiger partial charge in [0.2, 0.25) is 0 Å². The highest BCUT2D eigenvalue weighted by atomic mass is 16.5. The first-order chi connectivity index (χ1) is 7.45. The van der Waals surface area contributed by atoms with Crippen LogP contribution in [0.15, 0.2) is 23.0 Å². The van der Waals surface area contributed by atoms with Gasteiger partial charge in [-0.1, -0.05) is 12.8 Å². The molecule has 0 spiro atoms. The molecule has 1 aromatic heterocycles. The molecule has 0 aromatic carbocycles. The molecule has 1 aromatic rings. The van der Waals surface area contributed by atoms with E-state index in [1.54, 1.807) is 12.5 Å². The number of hydrogen-bond acceptors (Lipinski definition) is 3. The highest BCUT2D eigenvalue weighted by Crippen LogP contribution is 2.31. The molecule has 1 heterocycles. The molecule has 84 valence electrons. The van der Waals surface area contributed by atoms with Gasteiger partial charge in [-0.25, -0.2) is 0 Å². The molecule has 2 rings (SSSR count). The van der Waals surface area contributed by atoms with Crippen molar-refractivity contribution < 1.29 is 9.15 Å². The summed E-state index contributed by atoms with van der Waals surface area (Å²) in [6.07, 6.45) is 7.55. The average molecular weight is 209 g/mol. The Hall–Kier alpha value is -0.800. The normalized spacial score (nSPS) is 15.7. The Kier molecular flexibility index (Phi) is 4.23. The van der Waals surface area contributed by atoms with Crippen LogP contribution in [-0.4, -0.2) is 19.8 Å². The van der Waals surface area contributed by atoms with E-state index in [1.807, 2.05) is 6.07 Å². The van der Waals surface area contributed by atoms with Gasteiger partial charge in [0, 0.05) is 25.3 Å². The Bertz CT molecular complexity index is 255. The minimum Gasteiger partial charge on any atom is -0.472 e. The molecule has 1 N–H and O–H groups in total. The van der Waals surface area contributed by atoms with Gasteiger partial charge in [0.05, 0.1) is 19.1 Å². The molecular formula is C12H19NO2. The molecule has 1 aliphatic carbocycles. The van der Waals surface area contributed by atoms with E-state index in [4.69, 9.17) is 9.15 Å². The third-order valence-electron chi connectivity index (χ3n) is 2.70. The lowest BCUT2D eigenvalue weighted by atomic mass is 10.3. The van der Waals surface area contributed by atoms with Gasteiger partial charge in [0.15, 0.2) is 0 Å². The highest BCUT2D eigenvalue weighted by molar-refractivity contribution is 5.04. The van der Waals surface area contributed by atoms with Crippen LogP contribution in [0, 0.1) is 5.92 Å². The summed E-state index contributed by atoms with van der Waals surface area (Å²) in [6.45, 7) is 3.51. The zero-order chi connectivity index (χ0) is 10.3. The molecule has 0 amide bonds. The quantitative estimate of drug-likeness (QED) is 0.666. The minimum absolute atomic E-state index is 0.810.